The summed E-state index contributed by atoms with van der Waals surface area (Å²) >= 11 is 0. The predicted octanol–water partition coefficient (Wildman–Crippen LogP) is 5.65. The first-order valence-corrected chi connectivity index (χ1v) is 17.4. The van der Waals surface area contributed by atoms with Crippen LogP contribution in [0, 0.1) is 0 Å². The van der Waals surface area contributed by atoms with Crippen LogP contribution in [0.5, 0.6) is 28.7 Å². The second-order valence-corrected chi connectivity index (χ2v) is 12.7. The van der Waals surface area contributed by atoms with Crippen molar-refractivity contribution in [1.29, 1.82) is 0 Å². The zero-order valence-electron chi connectivity index (χ0n) is 29.8. The van der Waals surface area contributed by atoms with E-state index in [2.05, 4.69) is 45.1 Å². The molecule has 0 bridgehead atoms. The van der Waals surface area contributed by atoms with Gasteiger partial charge in [0.1, 0.15) is 0 Å². The number of carbonyl (C=O) groups excluding carboxylic acids is 1. The number of rotatable bonds is 16. The third-order valence-electron chi connectivity index (χ3n) is 9.65. The number of ether oxygens (including phenoxy) is 6. The molecule has 0 saturated carbocycles. The van der Waals surface area contributed by atoms with Crippen LogP contribution in [0.3, 0.4) is 0 Å². The number of hydrogen-bond acceptors (Lipinski definition) is 10. The number of aromatic nitrogens is 2. The second kappa shape index (κ2) is 16.4. The van der Waals surface area contributed by atoms with Gasteiger partial charge < -0.3 is 48.1 Å². The van der Waals surface area contributed by atoms with Gasteiger partial charge in [-0.05, 0) is 74.7 Å². The van der Waals surface area contributed by atoms with E-state index in [4.69, 9.17) is 33.4 Å². The van der Waals surface area contributed by atoms with Crippen molar-refractivity contribution >= 4 is 22.9 Å². The molecule has 2 aliphatic heterocycles. The Morgan fingerprint density at radius 2 is 1.72 bits per heavy atom. The summed E-state index contributed by atoms with van der Waals surface area (Å²) in [6.45, 7) is 7.72. The number of likely N-dealkylation sites (tertiary alicyclic amines) is 1. The van der Waals surface area contributed by atoms with Crippen LogP contribution < -0.4 is 29.0 Å². The van der Waals surface area contributed by atoms with Gasteiger partial charge in [0.2, 0.25) is 18.5 Å². The summed E-state index contributed by atoms with van der Waals surface area (Å²) in [4.78, 5) is 23.0. The first-order valence-electron chi connectivity index (χ1n) is 17.4. The molecule has 1 saturated heterocycles. The van der Waals surface area contributed by atoms with Crippen molar-refractivity contribution in [2.45, 2.75) is 44.7 Å². The maximum Gasteiger partial charge on any atom is 0.253 e. The van der Waals surface area contributed by atoms with E-state index in [0.717, 1.165) is 79.5 Å². The molecular formula is C38H49N5O7. The van der Waals surface area contributed by atoms with E-state index >= 15 is 0 Å². The smallest absolute Gasteiger partial charge is 0.253 e. The molecule has 6 rings (SSSR count). The average Bonchev–Trinajstić information content (AvgIpc) is 3.76. The predicted molar refractivity (Wildman–Crippen MR) is 192 cm³/mol. The summed E-state index contributed by atoms with van der Waals surface area (Å²) in [7, 11) is 6.48. The van der Waals surface area contributed by atoms with Gasteiger partial charge in [0, 0.05) is 57.4 Å². The number of carbonyl (C=O) groups is 1. The van der Waals surface area contributed by atoms with Crippen molar-refractivity contribution in [2.75, 3.05) is 79.9 Å². The molecule has 0 spiro atoms. The zero-order valence-corrected chi connectivity index (χ0v) is 29.8. The number of amides is 1. The standard InChI is InChI=1S/C38H49N5O7/c1-6-48-20-19-43-31-10-8-7-9-30(31)40-38(43)39-29-14-17-42(18-15-29)16-13-27(26-11-12-32-33(21-26)50-25-49-32)24-41(2)37(44)28-22-34(45-3)36(47-5)35(23-28)46-4/h7-12,21-23,27,29H,6,13-20,24-25H2,1-5H3,(H,39,40). The van der Waals surface area contributed by atoms with Crippen LogP contribution in [-0.2, 0) is 11.3 Å². The SMILES string of the molecule is CCOCCn1c(NC2CCN(CCC(CN(C)C(=O)c3cc(OC)c(OC)c(OC)c3)c3ccc4c(c3)OCO4)CC2)nc2ccccc21. The van der Waals surface area contributed by atoms with Gasteiger partial charge >= 0.3 is 0 Å². The molecule has 3 heterocycles. The number of benzene rings is 3. The van der Waals surface area contributed by atoms with Crippen molar-refractivity contribution in [3.63, 3.8) is 0 Å². The lowest BCUT2D eigenvalue weighted by atomic mass is 9.93. The fraction of sp³-hybridized carbons (Fsp3) is 0.474. The molecule has 50 heavy (non-hydrogen) atoms. The number of anilines is 1. The Morgan fingerprint density at radius 1 is 0.980 bits per heavy atom. The van der Waals surface area contributed by atoms with Gasteiger partial charge in [0.25, 0.3) is 5.91 Å². The largest absolute Gasteiger partial charge is 0.493 e. The molecular weight excluding hydrogens is 638 g/mol. The molecule has 0 radical (unpaired) electrons. The van der Waals surface area contributed by atoms with Crippen LogP contribution in [0.2, 0.25) is 0 Å². The molecule has 1 amide bonds. The highest BCUT2D eigenvalue weighted by Crippen LogP contribution is 2.39. The summed E-state index contributed by atoms with van der Waals surface area (Å²) in [5, 5.41) is 3.75. The maximum absolute atomic E-state index is 13.8. The summed E-state index contributed by atoms with van der Waals surface area (Å²) < 4.78 is 35.7. The van der Waals surface area contributed by atoms with Gasteiger partial charge in [-0.2, -0.15) is 0 Å². The van der Waals surface area contributed by atoms with Crippen molar-refractivity contribution < 1.29 is 33.2 Å². The Bertz CT molecular complexity index is 1730. The third-order valence-corrected chi connectivity index (χ3v) is 9.65. The molecule has 0 aliphatic carbocycles. The topological polar surface area (TPSA) is 109 Å². The molecule has 2 aliphatic rings. The minimum absolute atomic E-state index is 0.0709. The summed E-state index contributed by atoms with van der Waals surface area (Å²) in [6.07, 6.45) is 2.91. The van der Waals surface area contributed by atoms with Crippen LogP contribution in [-0.4, -0.2) is 106 Å². The number of hydrogen-bond donors (Lipinski definition) is 1. The average molecular weight is 688 g/mol. The lowest BCUT2D eigenvalue weighted by Crippen LogP contribution is -2.40. The molecule has 12 heteroatoms. The van der Waals surface area contributed by atoms with E-state index in [1.807, 2.05) is 26.1 Å². The Hall–Kier alpha value is -4.68. The fourth-order valence-corrected chi connectivity index (χ4v) is 6.90. The van der Waals surface area contributed by atoms with Crippen molar-refractivity contribution in [3.05, 3.63) is 65.7 Å². The van der Waals surface area contributed by atoms with Gasteiger partial charge in [-0.3, -0.25) is 4.79 Å². The van der Waals surface area contributed by atoms with Gasteiger partial charge in [0.05, 0.1) is 39.0 Å². The number of likely N-dealkylation sites (N-methyl/N-ethyl adjacent to an activating group) is 1. The highest BCUT2D eigenvalue weighted by atomic mass is 16.7. The van der Waals surface area contributed by atoms with E-state index in [1.54, 1.807) is 38.4 Å². The van der Waals surface area contributed by atoms with Gasteiger partial charge in [-0.25, -0.2) is 4.98 Å². The molecule has 1 atom stereocenters. The van der Waals surface area contributed by atoms with E-state index in [0.29, 0.717) is 48.6 Å². The van der Waals surface area contributed by atoms with Crippen molar-refractivity contribution in [3.8, 4) is 28.7 Å². The fourth-order valence-electron chi connectivity index (χ4n) is 6.90. The van der Waals surface area contributed by atoms with E-state index in [9.17, 15) is 4.79 Å². The monoisotopic (exact) mass is 687 g/mol. The lowest BCUT2D eigenvalue weighted by molar-refractivity contribution is 0.0781. The molecule has 1 unspecified atom stereocenters. The number of nitrogens with zero attached hydrogens (tertiary/aromatic N) is 4. The Labute approximate surface area is 294 Å². The van der Waals surface area contributed by atoms with Crippen LogP contribution >= 0.6 is 0 Å². The maximum atomic E-state index is 13.8. The number of para-hydroxylation sites is 2. The summed E-state index contributed by atoms with van der Waals surface area (Å²) in [6, 6.07) is 18.1. The highest BCUT2D eigenvalue weighted by molar-refractivity contribution is 5.95. The Kier molecular flexibility index (Phi) is 11.5. The van der Waals surface area contributed by atoms with Crippen LogP contribution in [0.15, 0.2) is 54.6 Å². The molecule has 1 fully saturated rings. The van der Waals surface area contributed by atoms with Crippen LogP contribution in [0.25, 0.3) is 11.0 Å². The minimum atomic E-state index is -0.130. The Balaban J connectivity index is 1.11. The van der Waals surface area contributed by atoms with Crippen molar-refractivity contribution in [2.24, 2.45) is 0 Å². The first kappa shape index (κ1) is 35.2. The number of nitrogens with one attached hydrogen (secondary N) is 1. The first-order chi connectivity index (χ1) is 24.4. The zero-order chi connectivity index (χ0) is 35.0. The quantitative estimate of drug-likeness (QED) is 0.149. The molecule has 1 aromatic heterocycles. The van der Waals surface area contributed by atoms with Gasteiger partial charge in [-0.1, -0.05) is 18.2 Å². The second-order valence-electron chi connectivity index (χ2n) is 12.7. The number of imidazole rings is 1. The van der Waals surface area contributed by atoms with E-state index < -0.39 is 0 Å². The summed E-state index contributed by atoms with van der Waals surface area (Å²) in [5.74, 6) is 3.67. The molecule has 4 aromatic rings. The van der Waals surface area contributed by atoms with Crippen LogP contribution in [0.4, 0.5) is 5.95 Å². The number of methoxy groups -OCH3 is 3. The third kappa shape index (κ3) is 7.87. The highest BCUT2D eigenvalue weighted by Gasteiger charge is 2.26. The van der Waals surface area contributed by atoms with Gasteiger partial charge in [0.15, 0.2) is 23.0 Å². The normalized spacial score (nSPS) is 15.2. The number of fused-ring (bicyclic) bond motifs is 2. The van der Waals surface area contributed by atoms with E-state index in [-0.39, 0.29) is 18.6 Å². The van der Waals surface area contributed by atoms with Crippen LogP contribution in [0.1, 0.15) is 48.0 Å². The minimum Gasteiger partial charge on any atom is -0.493 e. The summed E-state index contributed by atoms with van der Waals surface area (Å²) in [5.41, 5.74) is 3.69. The molecule has 268 valence electrons. The van der Waals surface area contributed by atoms with Crippen molar-refractivity contribution in [1.82, 2.24) is 19.4 Å². The van der Waals surface area contributed by atoms with Gasteiger partial charge in [-0.15, -0.1) is 0 Å². The molecule has 1 N–H and O–H groups in total. The lowest BCUT2D eigenvalue weighted by Gasteiger charge is -2.34. The molecule has 3 aromatic carbocycles. The number of piperidine rings is 1. The van der Waals surface area contributed by atoms with E-state index in [1.165, 1.54) is 0 Å². The Morgan fingerprint density at radius 3 is 2.44 bits per heavy atom. The molecule has 12 nitrogen and oxygen atoms in total.